The quantitative estimate of drug-likeness (QED) is 0.689. The maximum atomic E-state index is 11.7. The van der Waals surface area contributed by atoms with Gasteiger partial charge in [0.05, 0.1) is 6.07 Å². The first-order valence-corrected chi connectivity index (χ1v) is 5.05. The van der Waals surface area contributed by atoms with Gasteiger partial charge in [-0.3, -0.25) is 14.9 Å². The molecule has 0 saturated heterocycles. The van der Waals surface area contributed by atoms with Gasteiger partial charge < -0.3 is 9.73 Å². The van der Waals surface area contributed by atoms with E-state index in [1.807, 2.05) is 0 Å². The number of furan rings is 1. The van der Waals surface area contributed by atoms with Gasteiger partial charge in [0.1, 0.15) is 10.7 Å². The summed E-state index contributed by atoms with van der Waals surface area (Å²) in [5.41, 5.74) is 0.748. The smallest absolute Gasteiger partial charge is 0.395 e. The van der Waals surface area contributed by atoms with Crippen LogP contribution in [0.15, 0.2) is 34.7 Å². The van der Waals surface area contributed by atoms with E-state index in [4.69, 9.17) is 4.42 Å². The monoisotopic (exact) mass is 283 g/mol. The largest absolute Gasteiger partial charge is 0.433 e. The minimum atomic E-state index is -0.707. The van der Waals surface area contributed by atoms with E-state index < -0.39 is 16.7 Å². The lowest BCUT2D eigenvalue weighted by Crippen LogP contribution is -2.12. The Morgan fingerprint density at radius 3 is 2.68 bits per heavy atom. The number of aryl methyl sites for hydroxylation is 1. The van der Waals surface area contributed by atoms with Crippen molar-refractivity contribution in [1.82, 2.24) is 4.98 Å². The molecule has 0 fully saturated rings. The molecular weight excluding hydrogens is 274 g/mol. The van der Waals surface area contributed by atoms with Crippen LogP contribution >= 0.6 is 12.4 Å². The maximum Gasteiger partial charge on any atom is 0.433 e. The summed E-state index contributed by atoms with van der Waals surface area (Å²) in [5, 5.41) is 12.9. The molecule has 2 rings (SSSR count). The summed E-state index contributed by atoms with van der Waals surface area (Å²) in [5.74, 6) is -0.831. The lowest BCUT2D eigenvalue weighted by Gasteiger charge is -2.02. The van der Waals surface area contributed by atoms with E-state index in [9.17, 15) is 14.9 Å². The highest BCUT2D eigenvalue weighted by Crippen LogP contribution is 2.16. The van der Waals surface area contributed by atoms with Crippen molar-refractivity contribution in [1.29, 1.82) is 0 Å². The van der Waals surface area contributed by atoms with Crippen molar-refractivity contribution >= 4 is 30.0 Å². The summed E-state index contributed by atoms with van der Waals surface area (Å²) < 4.78 is 4.77. The summed E-state index contributed by atoms with van der Waals surface area (Å²) in [6.07, 6.45) is 0. The average Bonchev–Trinajstić information content (AvgIpc) is 2.78. The van der Waals surface area contributed by atoms with Crippen molar-refractivity contribution in [2.75, 3.05) is 5.32 Å². The standard InChI is InChI=1S/C11H9N3O4.ClH/c1-7-3-2-4-9(12-7)13-11(15)8-5-6-10(18-8)14(16)17;/h2-6H,1H3,(H,12,13,15);1H. The number of pyridine rings is 1. The number of nitro groups is 1. The van der Waals surface area contributed by atoms with Crippen LogP contribution in [0.2, 0.25) is 0 Å². The summed E-state index contributed by atoms with van der Waals surface area (Å²) in [6, 6.07) is 7.50. The zero-order valence-corrected chi connectivity index (χ0v) is 10.6. The first kappa shape index (κ1) is 14.7. The van der Waals surface area contributed by atoms with Crippen molar-refractivity contribution in [3.63, 3.8) is 0 Å². The lowest BCUT2D eigenvalue weighted by atomic mass is 10.3. The highest BCUT2D eigenvalue weighted by molar-refractivity contribution is 6.01. The van der Waals surface area contributed by atoms with Gasteiger partial charge in [0.25, 0.3) is 5.91 Å². The van der Waals surface area contributed by atoms with Crippen molar-refractivity contribution in [3.05, 3.63) is 51.9 Å². The second kappa shape index (κ2) is 5.96. The van der Waals surface area contributed by atoms with Gasteiger partial charge in [-0.15, -0.1) is 12.4 Å². The van der Waals surface area contributed by atoms with Gasteiger partial charge in [0.2, 0.25) is 0 Å². The predicted molar refractivity (Wildman–Crippen MR) is 69.5 cm³/mol. The van der Waals surface area contributed by atoms with Crippen LogP contribution in [0.1, 0.15) is 16.2 Å². The number of aromatic nitrogens is 1. The van der Waals surface area contributed by atoms with Crippen molar-refractivity contribution in [2.45, 2.75) is 6.92 Å². The number of halogens is 1. The molecule has 0 unspecified atom stereocenters. The van der Waals surface area contributed by atoms with Gasteiger partial charge in [-0.25, -0.2) is 4.98 Å². The molecule has 100 valence electrons. The van der Waals surface area contributed by atoms with E-state index in [0.717, 1.165) is 11.8 Å². The molecular formula is C11H10ClN3O4. The Bertz CT molecular complexity index is 611. The topological polar surface area (TPSA) is 98.3 Å². The molecule has 2 heterocycles. The van der Waals surface area contributed by atoms with E-state index >= 15 is 0 Å². The molecule has 1 N–H and O–H groups in total. The van der Waals surface area contributed by atoms with Crippen LogP contribution in [0.5, 0.6) is 0 Å². The Balaban J connectivity index is 0.00000180. The Morgan fingerprint density at radius 2 is 2.11 bits per heavy atom. The second-order valence-electron chi connectivity index (χ2n) is 3.51. The summed E-state index contributed by atoms with van der Waals surface area (Å²) in [7, 11) is 0. The third-order valence-electron chi connectivity index (χ3n) is 2.13. The number of anilines is 1. The normalized spacial score (nSPS) is 9.53. The van der Waals surface area contributed by atoms with Gasteiger partial charge in [0.15, 0.2) is 5.76 Å². The molecule has 0 spiro atoms. The molecule has 0 atom stereocenters. The second-order valence-corrected chi connectivity index (χ2v) is 3.51. The molecule has 0 aliphatic heterocycles. The number of carbonyl (C=O) groups excluding carboxylic acids is 1. The molecule has 0 saturated carbocycles. The van der Waals surface area contributed by atoms with Crippen LogP contribution in [0.3, 0.4) is 0 Å². The van der Waals surface area contributed by atoms with Gasteiger partial charge in [-0.05, 0) is 25.1 Å². The molecule has 0 radical (unpaired) electrons. The van der Waals surface area contributed by atoms with Crippen molar-refractivity contribution in [3.8, 4) is 0 Å². The molecule has 2 aromatic rings. The van der Waals surface area contributed by atoms with Gasteiger partial charge >= 0.3 is 5.88 Å². The highest BCUT2D eigenvalue weighted by atomic mass is 35.5. The molecule has 7 nitrogen and oxygen atoms in total. The fourth-order valence-corrected chi connectivity index (χ4v) is 1.34. The Morgan fingerprint density at radius 1 is 1.37 bits per heavy atom. The Kier molecular flexibility index (Phi) is 4.60. The molecule has 19 heavy (non-hydrogen) atoms. The van der Waals surface area contributed by atoms with Crippen LogP contribution in [0.4, 0.5) is 11.7 Å². The fourth-order valence-electron chi connectivity index (χ4n) is 1.34. The van der Waals surface area contributed by atoms with Crippen LogP contribution in [-0.2, 0) is 0 Å². The lowest BCUT2D eigenvalue weighted by molar-refractivity contribution is -0.402. The zero-order chi connectivity index (χ0) is 13.1. The molecule has 2 aromatic heterocycles. The number of hydrogen-bond acceptors (Lipinski definition) is 5. The van der Waals surface area contributed by atoms with Crippen molar-refractivity contribution < 1.29 is 14.1 Å². The van der Waals surface area contributed by atoms with E-state index in [1.165, 1.54) is 6.07 Å². The minimum Gasteiger partial charge on any atom is -0.395 e. The number of amides is 1. The average molecular weight is 284 g/mol. The van der Waals surface area contributed by atoms with E-state index in [-0.39, 0.29) is 18.2 Å². The Labute approximate surface area is 114 Å². The molecule has 0 aliphatic rings. The summed E-state index contributed by atoms with van der Waals surface area (Å²) in [6.45, 7) is 1.79. The van der Waals surface area contributed by atoms with Gasteiger partial charge in [0, 0.05) is 5.69 Å². The SMILES string of the molecule is Cc1cccc(NC(=O)c2ccc([N+](=O)[O-])o2)n1.Cl. The number of carbonyl (C=O) groups is 1. The third-order valence-corrected chi connectivity index (χ3v) is 2.13. The number of nitrogens with zero attached hydrogens (tertiary/aromatic N) is 2. The van der Waals surface area contributed by atoms with E-state index in [1.54, 1.807) is 25.1 Å². The van der Waals surface area contributed by atoms with Crippen LogP contribution in [0.25, 0.3) is 0 Å². The molecule has 0 aromatic carbocycles. The first-order chi connectivity index (χ1) is 8.56. The number of nitrogens with one attached hydrogen (secondary N) is 1. The third kappa shape index (κ3) is 3.52. The Hall–Kier alpha value is -2.41. The summed E-state index contributed by atoms with van der Waals surface area (Å²) in [4.78, 5) is 25.5. The molecule has 1 amide bonds. The molecule has 0 bridgehead atoms. The highest BCUT2D eigenvalue weighted by Gasteiger charge is 2.17. The first-order valence-electron chi connectivity index (χ1n) is 5.05. The number of rotatable bonds is 3. The predicted octanol–water partition coefficient (Wildman–Crippen LogP) is 2.57. The zero-order valence-electron chi connectivity index (χ0n) is 9.82. The van der Waals surface area contributed by atoms with E-state index in [2.05, 4.69) is 10.3 Å². The minimum absolute atomic E-state index is 0. The summed E-state index contributed by atoms with van der Waals surface area (Å²) >= 11 is 0. The molecule has 8 heteroatoms. The molecule has 0 aliphatic carbocycles. The van der Waals surface area contributed by atoms with Crippen molar-refractivity contribution in [2.24, 2.45) is 0 Å². The van der Waals surface area contributed by atoms with Gasteiger partial charge in [-0.1, -0.05) is 6.07 Å². The van der Waals surface area contributed by atoms with Crippen LogP contribution in [-0.4, -0.2) is 15.8 Å². The van der Waals surface area contributed by atoms with Crippen LogP contribution in [0, 0.1) is 17.0 Å². The van der Waals surface area contributed by atoms with E-state index in [0.29, 0.717) is 5.82 Å². The van der Waals surface area contributed by atoms with Gasteiger partial charge in [-0.2, -0.15) is 0 Å². The van der Waals surface area contributed by atoms with Crippen LogP contribution < -0.4 is 5.32 Å². The number of hydrogen-bond donors (Lipinski definition) is 1. The maximum absolute atomic E-state index is 11.7. The fraction of sp³-hybridized carbons (Fsp3) is 0.0909.